The first-order chi connectivity index (χ1) is 10.1. The summed E-state index contributed by atoms with van der Waals surface area (Å²) >= 11 is 0. The average Bonchev–Trinajstić information content (AvgIpc) is 2.87. The molecule has 2 N–H and O–H groups in total. The van der Waals surface area contributed by atoms with Crippen LogP contribution in [0.15, 0.2) is 18.2 Å². The van der Waals surface area contributed by atoms with E-state index in [4.69, 9.17) is 0 Å². The van der Waals surface area contributed by atoms with Gasteiger partial charge in [0.2, 0.25) is 0 Å². The van der Waals surface area contributed by atoms with E-state index in [2.05, 4.69) is 5.32 Å². The molecule has 1 aromatic carbocycles. The normalized spacial score (nSPS) is 28.3. The number of carbonyl (C=O) groups is 1. The van der Waals surface area contributed by atoms with Crippen LogP contribution in [-0.2, 0) is 11.2 Å². The van der Waals surface area contributed by atoms with Crippen molar-refractivity contribution in [1.82, 2.24) is 5.32 Å². The van der Waals surface area contributed by atoms with Crippen LogP contribution in [0.1, 0.15) is 49.3 Å². The van der Waals surface area contributed by atoms with E-state index in [1.165, 1.54) is 11.6 Å². The minimum Gasteiger partial charge on any atom is -0.481 e. The van der Waals surface area contributed by atoms with Crippen LogP contribution < -0.4 is 5.32 Å². The summed E-state index contributed by atoms with van der Waals surface area (Å²) in [6.45, 7) is 0.748. The van der Waals surface area contributed by atoms with Gasteiger partial charge in [0.1, 0.15) is 5.82 Å². The first kappa shape index (κ1) is 14.5. The molecule has 4 heteroatoms. The SMILES string of the molecule is O=C(O)C1CCCCC1CNC1CCc2cc(F)ccc21. The third-order valence-corrected chi connectivity index (χ3v) is 5.04. The lowest BCUT2D eigenvalue weighted by molar-refractivity contribution is -0.144. The lowest BCUT2D eigenvalue weighted by Gasteiger charge is -2.30. The predicted molar refractivity (Wildman–Crippen MR) is 78.5 cm³/mol. The topological polar surface area (TPSA) is 49.3 Å². The van der Waals surface area contributed by atoms with E-state index >= 15 is 0 Å². The fourth-order valence-corrected chi connectivity index (χ4v) is 3.87. The van der Waals surface area contributed by atoms with Gasteiger partial charge in [-0.25, -0.2) is 4.39 Å². The minimum absolute atomic E-state index is 0.173. The molecule has 0 amide bonds. The molecule has 3 rings (SSSR count). The first-order valence-electron chi connectivity index (χ1n) is 7.89. The van der Waals surface area contributed by atoms with E-state index < -0.39 is 5.97 Å². The van der Waals surface area contributed by atoms with E-state index in [-0.39, 0.29) is 23.7 Å². The molecule has 0 spiro atoms. The fraction of sp³-hybridized carbons (Fsp3) is 0.588. The van der Waals surface area contributed by atoms with Gasteiger partial charge in [0.15, 0.2) is 0 Å². The summed E-state index contributed by atoms with van der Waals surface area (Å²) in [7, 11) is 0. The number of carboxylic acid groups (broad SMARTS) is 1. The Morgan fingerprint density at radius 2 is 2.10 bits per heavy atom. The summed E-state index contributed by atoms with van der Waals surface area (Å²) in [5.41, 5.74) is 2.27. The van der Waals surface area contributed by atoms with E-state index in [1.807, 2.05) is 6.07 Å². The van der Waals surface area contributed by atoms with E-state index in [9.17, 15) is 14.3 Å². The van der Waals surface area contributed by atoms with Crippen molar-refractivity contribution in [2.75, 3.05) is 6.54 Å². The van der Waals surface area contributed by atoms with Crippen LogP contribution in [0.4, 0.5) is 4.39 Å². The molecule has 1 aromatic rings. The van der Waals surface area contributed by atoms with Crippen molar-refractivity contribution in [3.8, 4) is 0 Å². The number of fused-ring (bicyclic) bond motifs is 1. The lowest BCUT2D eigenvalue weighted by atomic mass is 9.79. The molecule has 1 saturated carbocycles. The summed E-state index contributed by atoms with van der Waals surface area (Å²) in [5.74, 6) is -0.816. The molecule has 2 aliphatic carbocycles. The average molecular weight is 291 g/mol. The fourth-order valence-electron chi connectivity index (χ4n) is 3.87. The first-order valence-corrected chi connectivity index (χ1v) is 7.89. The van der Waals surface area contributed by atoms with Gasteiger partial charge in [-0.3, -0.25) is 4.79 Å². The number of halogens is 1. The monoisotopic (exact) mass is 291 g/mol. The van der Waals surface area contributed by atoms with Gasteiger partial charge in [0, 0.05) is 6.04 Å². The second kappa shape index (κ2) is 6.14. The number of carboxylic acids is 1. The molecule has 3 atom stereocenters. The molecule has 114 valence electrons. The van der Waals surface area contributed by atoms with Crippen molar-refractivity contribution in [3.05, 3.63) is 35.1 Å². The van der Waals surface area contributed by atoms with Crippen LogP contribution in [0.3, 0.4) is 0 Å². The van der Waals surface area contributed by atoms with Gasteiger partial charge in [0.05, 0.1) is 5.92 Å². The van der Waals surface area contributed by atoms with Gasteiger partial charge in [-0.1, -0.05) is 18.9 Å². The molecule has 3 nitrogen and oxygen atoms in total. The Hall–Kier alpha value is -1.42. The Labute approximate surface area is 124 Å². The van der Waals surface area contributed by atoms with Gasteiger partial charge in [-0.05, 0) is 61.4 Å². The van der Waals surface area contributed by atoms with Crippen LogP contribution in [-0.4, -0.2) is 17.6 Å². The van der Waals surface area contributed by atoms with Crippen LogP contribution in [0.2, 0.25) is 0 Å². The maximum atomic E-state index is 13.2. The summed E-state index contributed by atoms with van der Waals surface area (Å²) in [6.07, 6.45) is 5.82. The molecule has 0 radical (unpaired) electrons. The third kappa shape index (κ3) is 3.10. The van der Waals surface area contributed by atoms with Crippen molar-refractivity contribution in [3.63, 3.8) is 0 Å². The molecule has 0 saturated heterocycles. The highest BCUT2D eigenvalue weighted by Gasteiger charge is 2.31. The van der Waals surface area contributed by atoms with E-state index in [1.54, 1.807) is 6.07 Å². The van der Waals surface area contributed by atoms with Gasteiger partial charge < -0.3 is 10.4 Å². The number of hydrogen-bond donors (Lipinski definition) is 2. The van der Waals surface area contributed by atoms with Crippen LogP contribution in [0.25, 0.3) is 0 Å². The Balaban J connectivity index is 1.62. The van der Waals surface area contributed by atoms with Gasteiger partial charge >= 0.3 is 5.97 Å². The highest BCUT2D eigenvalue weighted by Crippen LogP contribution is 2.34. The zero-order chi connectivity index (χ0) is 14.8. The van der Waals surface area contributed by atoms with Gasteiger partial charge in [-0.15, -0.1) is 0 Å². The third-order valence-electron chi connectivity index (χ3n) is 5.04. The smallest absolute Gasteiger partial charge is 0.306 e. The number of nitrogens with one attached hydrogen (secondary N) is 1. The van der Waals surface area contributed by atoms with Crippen molar-refractivity contribution in [2.24, 2.45) is 11.8 Å². The highest BCUT2D eigenvalue weighted by atomic mass is 19.1. The molecule has 0 aromatic heterocycles. The van der Waals surface area contributed by atoms with E-state index in [0.29, 0.717) is 0 Å². The largest absolute Gasteiger partial charge is 0.481 e. The minimum atomic E-state index is -0.657. The number of aryl methyl sites for hydroxylation is 1. The Bertz CT molecular complexity index is 532. The molecule has 0 bridgehead atoms. The maximum Gasteiger partial charge on any atom is 0.306 e. The summed E-state index contributed by atoms with van der Waals surface area (Å²) in [5, 5.41) is 12.8. The lowest BCUT2D eigenvalue weighted by Crippen LogP contribution is -2.35. The Morgan fingerprint density at radius 3 is 2.90 bits per heavy atom. The molecule has 21 heavy (non-hydrogen) atoms. The zero-order valence-electron chi connectivity index (χ0n) is 12.1. The van der Waals surface area contributed by atoms with Crippen molar-refractivity contribution < 1.29 is 14.3 Å². The van der Waals surface area contributed by atoms with Crippen LogP contribution >= 0.6 is 0 Å². The molecule has 1 fully saturated rings. The van der Waals surface area contributed by atoms with Crippen molar-refractivity contribution >= 4 is 5.97 Å². The van der Waals surface area contributed by atoms with Crippen LogP contribution in [0.5, 0.6) is 0 Å². The summed E-state index contributed by atoms with van der Waals surface area (Å²) < 4.78 is 13.2. The second-order valence-corrected chi connectivity index (χ2v) is 6.33. The Morgan fingerprint density at radius 1 is 1.29 bits per heavy atom. The predicted octanol–water partition coefficient (Wildman–Crippen LogP) is 3.29. The summed E-state index contributed by atoms with van der Waals surface area (Å²) in [4.78, 5) is 11.3. The second-order valence-electron chi connectivity index (χ2n) is 6.33. The van der Waals surface area contributed by atoms with Gasteiger partial charge in [0.25, 0.3) is 0 Å². The molecule has 0 aliphatic heterocycles. The molecule has 0 heterocycles. The van der Waals surface area contributed by atoms with Crippen LogP contribution in [0, 0.1) is 17.7 Å². The zero-order valence-corrected chi connectivity index (χ0v) is 12.1. The quantitative estimate of drug-likeness (QED) is 0.895. The molecular weight excluding hydrogens is 269 g/mol. The molecule has 3 unspecified atom stereocenters. The standard InChI is InChI=1S/C17H22FNO2/c18-13-6-7-14-11(9-13)5-8-16(14)19-10-12-3-1-2-4-15(12)17(20)21/h6-7,9,12,15-16,19H,1-5,8,10H2,(H,20,21). The highest BCUT2D eigenvalue weighted by molar-refractivity contribution is 5.70. The summed E-state index contributed by atoms with van der Waals surface area (Å²) in [6, 6.07) is 5.25. The number of aliphatic carboxylic acids is 1. The number of rotatable bonds is 4. The molecule has 2 aliphatic rings. The number of benzene rings is 1. The van der Waals surface area contributed by atoms with E-state index in [0.717, 1.165) is 50.6 Å². The number of hydrogen-bond acceptors (Lipinski definition) is 2. The Kier molecular flexibility index (Phi) is 4.24. The maximum absolute atomic E-state index is 13.2. The van der Waals surface area contributed by atoms with Crippen molar-refractivity contribution in [2.45, 2.75) is 44.6 Å². The van der Waals surface area contributed by atoms with Gasteiger partial charge in [-0.2, -0.15) is 0 Å². The van der Waals surface area contributed by atoms with Crippen molar-refractivity contribution in [1.29, 1.82) is 0 Å². The molecular formula is C17H22FNO2.